The largest absolute Gasteiger partial charge is 0.317 e. The van der Waals surface area contributed by atoms with E-state index in [2.05, 4.69) is 4.57 Å². The van der Waals surface area contributed by atoms with Crippen molar-refractivity contribution in [1.29, 1.82) is 0 Å². The van der Waals surface area contributed by atoms with Crippen LogP contribution in [0, 0.1) is 17.0 Å². The van der Waals surface area contributed by atoms with E-state index < -0.39 is 0 Å². The van der Waals surface area contributed by atoms with Crippen molar-refractivity contribution >= 4 is 22.7 Å². The molecule has 0 bridgehead atoms. The van der Waals surface area contributed by atoms with Crippen molar-refractivity contribution in [2.24, 2.45) is 4.99 Å². The van der Waals surface area contributed by atoms with Gasteiger partial charge in [0, 0.05) is 29.6 Å². The number of para-hydroxylation sites is 1. The summed E-state index contributed by atoms with van der Waals surface area (Å²) in [6.45, 7) is 4.82. The van der Waals surface area contributed by atoms with Gasteiger partial charge in [-0.25, -0.2) is 4.99 Å². The topological polar surface area (TPSA) is 60.4 Å². The molecule has 24 heavy (non-hydrogen) atoms. The lowest BCUT2D eigenvalue weighted by molar-refractivity contribution is -0.384. The highest BCUT2D eigenvalue weighted by molar-refractivity contribution is 7.07. The van der Waals surface area contributed by atoms with Gasteiger partial charge in [0.15, 0.2) is 4.80 Å². The van der Waals surface area contributed by atoms with Crippen LogP contribution in [0.4, 0.5) is 11.4 Å². The number of nitro benzene ring substituents is 1. The predicted molar refractivity (Wildman–Crippen MR) is 96.5 cm³/mol. The Bertz CT molecular complexity index is 957. The predicted octanol–water partition coefficient (Wildman–Crippen LogP) is 4.69. The van der Waals surface area contributed by atoms with Crippen molar-refractivity contribution in [3.05, 3.63) is 74.4 Å². The number of thiazole rings is 1. The van der Waals surface area contributed by atoms with E-state index in [1.54, 1.807) is 12.1 Å². The Kier molecular flexibility index (Phi) is 4.57. The molecule has 0 aliphatic heterocycles. The SMILES string of the molecule is CCn1c(-c2cccc([N+](=O)[O-])c2)csc1=Nc1ccccc1C. The molecule has 1 aromatic heterocycles. The van der Waals surface area contributed by atoms with Crippen LogP contribution < -0.4 is 4.80 Å². The Morgan fingerprint density at radius 1 is 1.21 bits per heavy atom. The van der Waals surface area contributed by atoms with Gasteiger partial charge in [0.2, 0.25) is 0 Å². The maximum atomic E-state index is 11.0. The maximum absolute atomic E-state index is 11.0. The number of nitrogens with zero attached hydrogens (tertiary/aromatic N) is 3. The van der Waals surface area contributed by atoms with Crippen LogP contribution in [0.5, 0.6) is 0 Å². The van der Waals surface area contributed by atoms with Crippen LogP contribution in [0.25, 0.3) is 11.3 Å². The van der Waals surface area contributed by atoms with Gasteiger partial charge in [0.05, 0.1) is 16.3 Å². The molecule has 3 rings (SSSR count). The normalized spacial score (nSPS) is 11.7. The lowest BCUT2D eigenvalue weighted by Crippen LogP contribution is -2.14. The van der Waals surface area contributed by atoms with Crippen molar-refractivity contribution in [1.82, 2.24) is 4.57 Å². The molecule has 0 aliphatic rings. The molecule has 0 saturated heterocycles. The van der Waals surface area contributed by atoms with Crippen molar-refractivity contribution in [3.63, 3.8) is 0 Å². The van der Waals surface area contributed by atoms with Crippen molar-refractivity contribution in [2.45, 2.75) is 20.4 Å². The van der Waals surface area contributed by atoms with Gasteiger partial charge in [-0.3, -0.25) is 10.1 Å². The molecule has 0 radical (unpaired) electrons. The minimum absolute atomic E-state index is 0.0961. The molecule has 122 valence electrons. The Labute approximate surface area is 143 Å². The molecular weight excluding hydrogens is 322 g/mol. The summed E-state index contributed by atoms with van der Waals surface area (Å²) in [7, 11) is 0. The summed E-state index contributed by atoms with van der Waals surface area (Å²) in [5.41, 5.74) is 3.92. The average molecular weight is 339 g/mol. The van der Waals surface area contributed by atoms with E-state index in [-0.39, 0.29) is 10.6 Å². The molecular formula is C18H17N3O2S. The Morgan fingerprint density at radius 3 is 2.71 bits per heavy atom. The Hall–Kier alpha value is -2.73. The number of rotatable bonds is 4. The molecule has 2 aromatic carbocycles. The summed E-state index contributed by atoms with van der Waals surface area (Å²) < 4.78 is 2.08. The van der Waals surface area contributed by atoms with Gasteiger partial charge < -0.3 is 4.57 Å². The second-order valence-corrected chi connectivity index (χ2v) is 6.19. The summed E-state index contributed by atoms with van der Waals surface area (Å²) in [6, 6.07) is 14.7. The van der Waals surface area contributed by atoms with E-state index in [0.717, 1.165) is 33.9 Å². The van der Waals surface area contributed by atoms with Crippen LogP contribution in [0.3, 0.4) is 0 Å². The highest BCUT2D eigenvalue weighted by Gasteiger charge is 2.11. The molecule has 0 unspecified atom stereocenters. The highest BCUT2D eigenvalue weighted by Crippen LogP contribution is 2.25. The Morgan fingerprint density at radius 2 is 2.00 bits per heavy atom. The van der Waals surface area contributed by atoms with Crippen LogP contribution >= 0.6 is 11.3 Å². The number of benzene rings is 2. The zero-order valence-corrected chi connectivity index (χ0v) is 14.3. The van der Waals surface area contributed by atoms with E-state index in [0.29, 0.717) is 0 Å². The van der Waals surface area contributed by atoms with Crippen molar-refractivity contribution in [3.8, 4) is 11.3 Å². The molecule has 0 saturated carbocycles. The van der Waals surface area contributed by atoms with Crippen molar-refractivity contribution < 1.29 is 4.92 Å². The second-order valence-electron chi connectivity index (χ2n) is 5.35. The first kappa shape index (κ1) is 16.1. The van der Waals surface area contributed by atoms with E-state index in [4.69, 9.17) is 4.99 Å². The van der Waals surface area contributed by atoms with Gasteiger partial charge in [-0.15, -0.1) is 11.3 Å². The standard InChI is InChI=1S/C18H17N3O2S/c1-3-20-17(14-8-6-9-15(11-14)21(22)23)12-24-18(20)19-16-10-5-4-7-13(16)2/h4-12H,3H2,1-2H3. The molecule has 1 heterocycles. The van der Waals surface area contributed by atoms with Crippen LogP contribution in [0.2, 0.25) is 0 Å². The van der Waals surface area contributed by atoms with E-state index >= 15 is 0 Å². The van der Waals surface area contributed by atoms with E-state index in [1.165, 1.54) is 17.4 Å². The van der Waals surface area contributed by atoms with Gasteiger partial charge in [-0.1, -0.05) is 30.3 Å². The summed E-state index contributed by atoms with van der Waals surface area (Å²) in [6.07, 6.45) is 0. The third-order valence-corrected chi connectivity index (χ3v) is 4.66. The van der Waals surface area contributed by atoms with Crippen LogP contribution in [-0.4, -0.2) is 9.49 Å². The zero-order chi connectivity index (χ0) is 17.1. The molecule has 0 aliphatic carbocycles. The molecule has 0 atom stereocenters. The first-order valence-electron chi connectivity index (χ1n) is 7.63. The van der Waals surface area contributed by atoms with Crippen LogP contribution in [0.15, 0.2) is 58.9 Å². The Balaban J connectivity index is 2.13. The van der Waals surface area contributed by atoms with E-state index in [1.807, 2.05) is 49.6 Å². The second kappa shape index (κ2) is 6.80. The van der Waals surface area contributed by atoms with Crippen LogP contribution in [-0.2, 0) is 6.54 Å². The third kappa shape index (κ3) is 3.14. The third-order valence-electron chi connectivity index (χ3n) is 3.80. The summed E-state index contributed by atoms with van der Waals surface area (Å²) in [5.74, 6) is 0. The number of hydrogen-bond acceptors (Lipinski definition) is 4. The number of non-ortho nitro benzene ring substituents is 1. The fourth-order valence-corrected chi connectivity index (χ4v) is 3.51. The fraction of sp³-hybridized carbons (Fsp3) is 0.167. The summed E-state index contributed by atoms with van der Waals surface area (Å²) in [5, 5.41) is 13.0. The molecule has 0 amide bonds. The zero-order valence-electron chi connectivity index (χ0n) is 13.5. The summed E-state index contributed by atoms with van der Waals surface area (Å²) >= 11 is 1.54. The molecule has 5 nitrogen and oxygen atoms in total. The number of hydrogen-bond donors (Lipinski definition) is 0. The lowest BCUT2D eigenvalue weighted by atomic mass is 10.1. The molecule has 6 heteroatoms. The summed E-state index contributed by atoms with van der Waals surface area (Å²) in [4.78, 5) is 16.3. The number of nitro groups is 1. The molecule has 3 aromatic rings. The van der Waals surface area contributed by atoms with Gasteiger partial charge in [-0.05, 0) is 25.5 Å². The maximum Gasteiger partial charge on any atom is 0.270 e. The highest BCUT2D eigenvalue weighted by atomic mass is 32.1. The quantitative estimate of drug-likeness (QED) is 0.511. The van der Waals surface area contributed by atoms with Gasteiger partial charge >= 0.3 is 0 Å². The first-order chi connectivity index (χ1) is 11.6. The minimum atomic E-state index is -0.370. The average Bonchev–Trinajstić information content (AvgIpc) is 2.99. The van der Waals surface area contributed by atoms with Crippen molar-refractivity contribution in [2.75, 3.05) is 0 Å². The fourth-order valence-electron chi connectivity index (χ4n) is 2.53. The van der Waals surface area contributed by atoms with E-state index in [9.17, 15) is 10.1 Å². The van der Waals surface area contributed by atoms with Gasteiger partial charge in [-0.2, -0.15) is 0 Å². The smallest absolute Gasteiger partial charge is 0.270 e. The van der Waals surface area contributed by atoms with Gasteiger partial charge in [0.25, 0.3) is 5.69 Å². The molecule has 0 spiro atoms. The molecule has 0 fully saturated rings. The van der Waals surface area contributed by atoms with Crippen LogP contribution in [0.1, 0.15) is 12.5 Å². The van der Waals surface area contributed by atoms with Gasteiger partial charge in [0.1, 0.15) is 0 Å². The monoisotopic (exact) mass is 339 g/mol. The number of aryl methyl sites for hydroxylation is 1. The lowest BCUT2D eigenvalue weighted by Gasteiger charge is -2.06. The number of aromatic nitrogens is 1. The first-order valence-corrected chi connectivity index (χ1v) is 8.51. The molecule has 0 N–H and O–H groups in total. The minimum Gasteiger partial charge on any atom is -0.317 e.